The number of hydrogen-bond donors (Lipinski definition) is 2. The summed E-state index contributed by atoms with van der Waals surface area (Å²) in [4.78, 5) is 41.1. The Labute approximate surface area is 142 Å². The van der Waals surface area contributed by atoms with Crippen LogP contribution in [0, 0.1) is 13.8 Å². The Bertz CT molecular complexity index is 634. The van der Waals surface area contributed by atoms with Crippen LogP contribution in [0.3, 0.4) is 0 Å². The van der Waals surface area contributed by atoms with Gasteiger partial charge in [0.1, 0.15) is 5.69 Å². The molecule has 0 fully saturated rings. The van der Waals surface area contributed by atoms with Crippen LogP contribution in [0.1, 0.15) is 59.8 Å². The van der Waals surface area contributed by atoms with Crippen LogP contribution in [0.25, 0.3) is 0 Å². The van der Waals surface area contributed by atoms with Crippen molar-refractivity contribution >= 4 is 17.8 Å². The predicted octanol–water partition coefficient (Wildman–Crippen LogP) is 2.43. The van der Waals surface area contributed by atoms with Crippen LogP contribution in [0.15, 0.2) is 0 Å². The molecule has 0 saturated carbocycles. The Hall–Kier alpha value is -2.31. The first kappa shape index (κ1) is 19.7. The third kappa shape index (κ3) is 4.15. The van der Waals surface area contributed by atoms with Crippen LogP contribution in [0.2, 0.25) is 0 Å². The van der Waals surface area contributed by atoms with Gasteiger partial charge < -0.3 is 19.9 Å². The number of hydrogen-bond acceptors (Lipinski definition) is 4. The Morgan fingerprint density at radius 1 is 1.21 bits per heavy atom. The second-order valence-electron chi connectivity index (χ2n) is 6.10. The van der Waals surface area contributed by atoms with E-state index in [0.29, 0.717) is 16.8 Å². The highest BCUT2D eigenvalue weighted by atomic mass is 16.5. The van der Waals surface area contributed by atoms with Gasteiger partial charge in [-0.3, -0.25) is 4.79 Å². The van der Waals surface area contributed by atoms with Gasteiger partial charge >= 0.3 is 12.0 Å². The summed E-state index contributed by atoms with van der Waals surface area (Å²) in [5.74, 6) is -0.714. The molecule has 0 aliphatic carbocycles. The van der Waals surface area contributed by atoms with Gasteiger partial charge in [0.15, 0.2) is 5.78 Å². The summed E-state index contributed by atoms with van der Waals surface area (Å²) in [6, 6.07) is -0.997. The van der Waals surface area contributed by atoms with Crippen LogP contribution < -0.4 is 5.32 Å². The van der Waals surface area contributed by atoms with E-state index in [0.717, 1.165) is 0 Å². The average molecular weight is 337 g/mol. The number of Topliss-reactive ketones (excluding diaryl/α,β-unsaturated/α-hetero) is 1. The fourth-order valence-corrected chi connectivity index (χ4v) is 2.44. The number of likely N-dealkylation sites (N-methyl/N-ethyl adjacent to an activating group) is 1. The maximum absolute atomic E-state index is 12.8. The van der Waals surface area contributed by atoms with Gasteiger partial charge in [-0.25, -0.2) is 9.59 Å². The number of esters is 1. The molecular weight excluding hydrogens is 310 g/mol. The smallest absolute Gasteiger partial charge is 0.355 e. The summed E-state index contributed by atoms with van der Waals surface area (Å²) in [6.45, 7) is 10.8. The molecule has 7 nitrogen and oxygen atoms in total. The molecule has 1 aromatic rings. The lowest BCUT2D eigenvalue weighted by molar-refractivity contribution is 0.0519. The lowest BCUT2D eigenvalue weighted by Crippen LogP contribution is -2.47. The standard InChI is InChI=1S/C17H27N3O4/c1-8-24-16(22)14-10(4)13(11(5)19-14)15(21)12(6)20(7)17(23)18-9(2)3/h9,12,19H,8H2,1-7H3,(H,18,23). The zero-order valence-corrected chi connectivity index (χ0v) is 15.4. The molecule has 0 radical (unpaired) electrons. The highest BCUT2D eigenvalue weighted by Crippen LogP contribution is 2.21. The number of carbonyl (C=O) groups excluding carboxylic acids is 3. The van der Waals surface area contributed by atoms with E-state index in [1.807, 2.05) is 13.8 Å². The number of nitrogens with zero attached hydrogens (tertiary/aromatic N) is 1. The van der Waals surface area contributed by atoms with E-state index >= 15 is 0 Å². The molecule has 1 rings (SSSR count). The van der Waals surface area contributed by atoms with Gasteiger partial charge in [0.2, 0.25) is 0 Å². The Kier molecular flexibility index (Phi) is 6.57. The topological polar surface area (TPSA) is 91.5 Å². The molecule has 0 bridgehead atoms. The van der Waals surface area contributed by atoms with Crippen molar-refractivity contribution in [2.24, 2.45) is 0 Å². The highest BCUT2D eigenvalue weighted by Gasteiger charge is 2.29. The minimum atomic E-state index is -0.660. The van der Waals surface area contributed by atoms with Gasteiger partial charge in [0, 0.05) is 24.3 Å². The number of aromatic amines is 1. The second kappa shape index (κ2) is 7.99. The van der Waals surface area contributed by atoms with E-state index in [1.54, 1.807) is 34.7 Å². The molecule has 1 unspecified atom stereocenters. The van der Waals surface area contributed by atoms with Crippen molar-refractivity contribution in [2.45, 2.75) is 53.6 Å². The van der Waals surface area contributed by atoms with Gasteiger partial charge in [-0.1, -0.05) is 0 Å². The second-order valence-corrected chi connectivity index (χ2v) is 6.10. The minimum Gasteiger partial charge on any atom is -0.461 e. The number of H-pyrrole nitrogens is 1. The molecule has 0 saturated heterocycles. The lowest BCUT2D eigenvalue weighted by Gasteiger charge is -2.25. The number of rotatable bonds is 6. The fourth-order valence-electron chi connectivity index (χ4n) is 2.44. The summed E-state index contributed by atoms with van der Waals surface area (Å²) in [6.07, 6.45) is 0. The SMILES string of the molecule is CCOC(=O)c1[nH]c(C)c(C(=O)C(C)N(C)C(=O)NC(C)C)c1C. The van der Waals surface area contributed by atoms with Crippen molar-refractivity contribution in [1.82, 2.24) is 15.2 Å². The minimum absolute atomic E-state index is 0.0200. The molecule has 1 heterocycles. The molecule has 1 aromatic heterocycles. The molecule has 0 aliphatic heterocycles. The van der Waals surface area contributed by atoms with Crippen LogP contribution in [0.4, 0.5) is 4.79 Å². The number of urea groups is 1. The number of nitrogens with one attached hydrogen (secondary N) is 2. The van der Waals surface area contributed by atoms with E-state index in [-0.39, 0.29) is 30.2 Å². The molecule has 0 aliphatic rings. The number of amides is 2. The molecule has 2 amide bonds. The lowest BCUT2D eigenvalue weighted by atomic mass is 10.0. The van der Waals surface area contributed by atoms with Crippen molar-refractivity contribution in [3.63, 3.8) is 0 Å². The number of carbonyl (C=O) groups is 3. The van der Waals surface area contributed by atoms with Crippen LogP contribution >= 0.6 is 0 Å². The largest absolute Gasteiger partial charge is 0.461 e. The molecule has 0 aromatic carbocycles. The van der Waals surface area contributed by atoms with Crippen molar-refractivity contribution in [1.29, 1.82) is 0 Å². The molecule has 24 heavy (non-hydrogen) atoms. The predicted molar refractivity (Wildman–Crippen MR) is 91.4 cm³/mol. The van der Waals surface area contributed by atoms with E-state index in [1.165, 1.54) is 4.90 Å². The summed E-state index contributed by atoms with van der Waals surface area (Å²) in [5, 5.41) is 2.75. The summed E-state index contributed by atoms with van der Waals surface area (Å²) >= 11 is 0. The highest BCUT2D eigenvalue weighted by molar-refractivity contribution is 6.06. The number of aryl methyl sites for hydroxylation is 1. The Morgan fingerprint density at radius 2 is 1.79 bits per heavy atom. The number of ketones is 1. The van der Waals surface area contributed by atoms with E-state index in [2.05, 4.69) is 10.3 Å². The van der Waals surface area contributed by atoms with Crippen LogP contribution in [-0.2, 0) is 4.74 Å². The Balaban J connectivity index is 3.07. The quantitative estimate of drug-likeness (QED) is 0.616. The normalized spacial score (nSPS) is 12.0. The van der Waals surface area contributed by atoms with Gasteiger partial charge in [0.05, 0.1) is 12.6 Å². The van der Waals surface area contributed by atoms with Crippen LogP contribution in [0.5, 0.6) is 0 Å². The third-order valence-electron chi connectivity index (χ3n) is 3.86. The molecule has 7 heteroatoms. The van der Waals surface area contributed by atoms with E-state index < -0.39 is 12.0 Å². The monoisotopic (exact) mass is 337 g/mol. The van der Waals surface area contributed by atoms with Crippen LogP contribution in [-0.4, -0.2) is 53.4 Å². The average Bonchev–Trinajstić information content (AvgIpc) is 2.79. The zero-order valence-electron chi connectivity index (χ0n) is 15.4. The molecular formula is C17H27N3O4. The summed E-state index contributed by atoms with van der Waals surface area (Å²) in [7, 11) is 1.57. The first-order valence-electron chi connectivity index (χ1n) is 8.05. The molecule has 134 valence electrons. The summed E-state index contributed by atoms with van der Waals surface area (Å²) in [5.41, 5.74) is 1.83. The first-order chi connectivity index (χ1) is 11.1. The molecule has 2 N–H and O–H groups in total. The molecule has 1 atom stereocenters. The van der Waals surface area contributed by atoms with Crippen molar-refractivity contribution < 1.29 is 19.1 Å². The van der Waals surface area contributed by atoms with Gasteiger partial charge in [-0.05, 0) is 47.1 Å². The Morgan fingerprint density at radius 3 is 2.29 bits per heavy atom. The summed E-state index contributed by atoms with van der Waals surface area (Å²) < 4.78 is 4.99. The van der Waals surface area contributed by atoms with Crippen molar-refractivity contribution in [2.75, 3.05) is 13.7 Å². The fraction of sp³-hybridized carbons (Fsp3) is 0.588. The number of aromatic nitrogens is 1. The van der Waals surface area contributed by atoms with Crippen molar-refractivity contribution in [3.8, 4) is 0 Å². The third-order valence-corrected chi connectivity index (χ3v) is 3.86. The zero-order chi connectivity index (χ0) is 18.6. The van der Waals surface area contributed by atoms with Gasteiger partial charge in [-0.15, -0.1) is 0 Å². The van der Waals surface area contributed by atoms with Gasteiger partial charge in [0.25, 0.3) is 0 Å². The van der Waals surface area contributed by atoms with E-state index in [9.17, 15) is 14.4 Å². The first-order valence-corrected chi connectivity index (χ1v) is 8.05. The number of ether oxygens (including phenoxy) is 1. The van der Waals surface area contributed by atoms with Gasteiger partial charge in [-0.2, -0.15) is 0 Å². The maximum atomic E-state index is 12.8. The van der Waals surface area contributed by atoms with E-state index in [4.69, 9.17) is 4.74 Å². The maximum Gasteiger partial charge on any atom is 0.355 e. The van der Waals surface area contributed by atoms with Crippen molar-refractivity contribution in [3.05, 3.63) is 22.5 Å². The molecule has 0 spiro atoms.